The van der Waals surface area contributed by atoms with Crippen LogP contribution in [0.5, 0.6) is 0 Å². The van der Waals surface area contributed by atoms with Crippen molar-refractivity contribution in [3.63, 3.8) is 0 Å². The lowest BCUT2D eigenvalue weighted by atomic mass is 10.00. The lowest BCUT2D eigenvalue weighted by molar-refractivity contribution is -0.427. The minimum absolute atomic E-state index is 0.688. The van der Waals surface area contributed by atoms with Crippen molar-refractivity contribution in [3.05, 3.63) is 54.9 Å². The molecule has 1 atom stereocenters. The van der Waals surface area contributed by atoms with Crippen LogP contribution >= 0.6 is 8.35 Å². The van der Waals surface area contributed by atoms with Gasteiger partial charge in [-0.3, -0.25) is 0 Å². The molecule has 2 aromatic heterocycles. The van der Waals surface area contributed by atoms with Crippen LogP contribution in [-0.4, -0.2) is 4.98 Å². The summed E-state index contributed by atoms with van der Waals surface area (Å²) in [6.45, 7) is 0. The highest BCUT2D eigenvalue weighted by molar-refractivity contribution is 7.29. The largest absolute Gasteiger partial charge is 0.247 e. The number of benzene rings is 3. The van der Waals surface area contributed by atoms with Crippen molar-refractivity contribution >= 4 is 46.0 Å². The average Bonchev–Trinajstić information content (AvgIpc) is 2.86. The predicted molar refractivity (Wildman–Crippen MR) is 80.6 cm³/mol. The van der Waals surface area contributed by atoms with Gasteiger partial charge < -0.3 is 0 Å². The van der Waals surface area contributed by atoms with Crippen LogP contribution < -0.4 is 4.16 Å². The molecule has 0 amide bonds. The topological polar surface area (TPSA) is 17.0 Å². The van der Waals surface area contributed by atoms with Gasteiger partial charge in [0.05, 0.1) is 16.7 Å². The fourth-order valence-electron chi connectivity index (χ4n) is 3.13. The second kappa shape index (κ2) is 3.23. The molecule has 1 unspecified atom stereocenters. The second-order valence-electron chi connectivity index (χ2n) is 4.88. The minimum Gasteiger partial charge on any atom is -0.243 e. The molecule has 88 valence electrons. The summed E-state index contributed by atoms with van der Waals surface area (Å²) >= 11 is 0. The Hall–Kier alpha value is -2.18. The molecule has 3 heteroatoms. The van der Waals surface area contributed by atoms with Gasteiger partial charge in [-0.2, -0.15) is 4.16 Å². The van der Waals surface area contributed by atoms with E-state index in [2.05, 4.69) is 57.8 Å². The van der Waals surface area contributed by atoms with Gasteiger partial charge in [-0.25, -0.2) is 4.98 Å². The fourth-order valence-corrected chi connectivity index (χ4v) is 4.40. The maximum atomic E-state index is 4.64. The van der Waals surface area contributed by atoms with Crippen molar-refractivity contribution in [2.45, 2.75) is 0 Å². The normalized spacial score (nSPS) is 12.6. The highest BCUT2D eigenvalue weighted by atomic mass is 31.0. The van der Waals surface area contributed by atoms with Gasteiger partial charge in [-0.05, 0) is 16.8 Å². The van der Waals surface area contributed by atoms with Crippen LogP contribution in [0, 0.1) is 0 Å². The molecule has 2 nitrogen and oxygen atoms in total. The third kappa shape index (κ3) is 1.08. The number of fused-ring (bicyclic) bond motifs is 3. The summed E-state index contributed by atoms with van der Waals surface area (Å²) in [6, 6.07) is 15.2. The van der Waals surface area contributed by atoms with Crippen molar-refractivity contribution in [3.8, 4) is 0 Å². The summed E-state index contributed by atoms with van der Waals surface area (Å²) in [5, 5.41) is 6.74. The molecule has 0 N–H and O–H groups in total. The molecule has 0 radical (unpaired) electrons. The number of hydrogen-bond acceptors (Lipinski definition) is 1. The van der Waals surface area contributed by atoms with Crippen LogP contribution in [0.1, 0.15) is 0 Å². The third-order valence-electron chi connectivity index (χ3n) is 3.90. The van der Waals surface area contributed by atoms with E-state index in [9.17, 15) is 0 Å². The van der Waals surface area contributed by atoms with Gasteiger partial charge in [0, 0.05) is 5.39 Å². The van der Waals surface area contributed by atoms with Crippen molar-refractivity contribution in [2.75, 3.05) is 0 Å². The molecule has 5 aromatic rings. The molecule has 3 aromatic carbocycles. The number of aromatic nitrogens is 2. The summed E-state index contributed by atoms with van der Waals surface area (Å²) < 4.78 is 2.34. The van der Waals surface area contributed by atoms with Gasteiger partial charge in [0.2, 0.25) is 5.52 Å². The predicted octanol–water partition coefficient (Wildman–Crippen LogP) is 3.75. The van der Waals surface area contributed by atoms with E-state index in [4.69, 9.17) is 0 Å². The standard InChI is InChI=1S/C16H10N2P/c1-2-5-12-10(4-1)11-6-3-7-13-14(11)16-15(12)17-8-9-18(16)19-13/h1-9,19H/q+1. The average molecular weight is 261 g/mol. The van der Waals surface area contributed by atoms with E-state index in [0.717, 1.165) is 5.52 Å². The van der Waals surface area contributed by atoms with E-state index in [1.54, 1.807) is 0 Å². The molecule has 0 aliphatic carbocycles. The fraction of sp³-hybridized carbons (Fsp3) is 0. The number of hydrogen-bond donors (Lipinski definition) is 0. The molecule has 0 saturated heterocycles. The zero-order chi connectivity index (χ0) is 12.4. The maximum absolute atomic E-state index is 4.64. The molecular formula is C16H10N2P+. The van der Waals surface area contributed by atoms with Crippen LogP contribution in [-0.2, 0) is 0 Å². The molecule has 0 bridgehead atoms. The Kier molecular flexibility index (Phi) is 1.65. The van der Waals surface area contributed by atoms with Crippen molar-refractivity contribution < 1.29 is 4.16 Å². The molecule has 0 aliphatic rings. The first-order chi connectivity index (χ1) is 9.43. The molecule has 0 spiro atoms. The van der Waals surface area contributed by atoms with Crippen LogP contribution in [0.25, 0.3) is 37.7 Å². The lowest BCUT2D eigenvalue weighted by Crippen LogP contribution is -2.13. The quantitative estimate of drug-likeness (QED) is 0.388. The summed E-state index contributed by atoms with van der Waals surface area (Å²) in [7, 11) is 0.688. The second-order valence-corrected chi connectivity index (χ2v) is 6.12. The monoisotopic (exact) mass is 261 g/mol. The highest BCUT2D eigenvalue weighted by Gasteiger charge is 2.20. The Balaban J connectivity index is 2.34. The zero-order valence-electron chi connectivity index (χ0n) is 10.1. The SMILES string of the molecule is c1ccc2c(c1)c1cccc3[pH][n+]4ccnc2c4c31. The molecule has 0 fully saturated rings. The van der Waals surface area contributed by atoms with E-state index in [1.807, 2.05) is 6.20 Å². The highest BCUT2D eigenvalue weighted by Crippen LogP contribution is 2.38. The Bertz CT molecular complexity index is 978. The summed E-state index contributed by atoms with van der Waals surface area (Å²) in [5.41, 5.74) is 2.42. The van der Waals surface area contributed by atoms with Gasteiger partial charge in [-0.15, -0.1) is 0 Å². The number of rotatable bonds is 0. The Morgan fingerprint density at radius 2 is 1.74 bits per heavy atom. The molecule has 2 heterocycles. The Labute approximate surface area is 110 Å². The van der Waals surface area contributed by atoms with Crippen LogP contribution in [0.4, 0.5) is 0 Å². The maximum Gasteiger partial charge on any atom is 0.247 e. The third-order valence-corrected chi connectivity index (χ3v) is 5.17. The van der Waals surface area contributed by atoms with Gasteiger partial charge in [0.15, 0.2) is 6.20 Å². The van der Waals surface area contributed by atoms with Crippen molar-refractivity contribution in [1.82, 2.24) is 4.98 Å². The minimum atomic E-state index is 0.688. The van der Waals surface area contributed by atoms with Gasteiger partial charge in [0.25, 0.3) is 0 Å². The smallest absolute Gasteiger partial charge is 0.243 e. The summed E-state index contributed by atoms with van der Waals surface area (Å²) in [4.78, 5) is 4.64. The summed E-state index contributed by atoms with van der Waals surface area (Å²) in [6.07, 6.45) is 4.01. The van der Waals surface area contributed by atoms with E-state index < -0.39 is 0 Å². The molecule has 19 heavy (non-hydrogen) atoms. The number of nitrogens with zero attached hydrogens (tertiary/aromatic N) is 2. The molecule has 5 rings (SSSR count). The van der Waals surface area contributed by atoms with Crippen LogP contribution in [0.3, 0.4) is 0 Å². The van der Waals surface area contributed by atoms with Crippen LogP contribution in [0.2, 0.25) is 0 Å². The van der Waals surface area contributed by atoms with E-state index in [0.29, 0.717) is 8.35 Å². The van der Waals surface area contributed by atoms with Crippen molar-refractivity contribution in [1.29, 1.82) is 0 Å². The van der Waals surface area contributed by atoms with Crippen LogP contribution in [0.15, 0.2) is 54.9 Å². The van der Waals surface area contributed by atoms with Gasteiger partial charge >= 0.3 is 0 Å². The first kappa shape index (κ1) is 9.71. The molecule has 0 aliphatic heterocycles. The van der Waals surface area contributed by atoms with Crippen molar-refractivity contribution in [2.24, 2.45) is 0 Å². The Morgan fingerprint density at radius 3 is 2.68 bits per heavy atom. The first-order valence-electron chi connectivity index (χ1n) is 6.34. The van der Waals surface area contributed by atoms with Gasteiger partial charge in [0.1, 0.15) is 13.9 Å². The van der Waals surface area contributed by atoms with Gasteiger partial charge in [-0.1, -0.05) is 36.4 Å². The molecule has 0 saturated carbocycles. The molecular weight excluding hydrogens is 251 g/mol. The first-order valence-corrected chi connectivity index (χ1v) is 7.29. The lowest BCUT2D eigenvalue weighted by Gasteiger charge is -2.04. The zero-order valence-corrected chi connectivity index (χ0v) is 11.1. The Morgan fingerprint density at radius 1 is 0.895 bits per heavy atom. The van der Waals surface area contributed by atoms with E-state index in [-0.39, 0.29) is 0 Å². The summed E-state index contributed by atoms with van der Waals surface area (Å²) in [5.74, 6) is 0. The van der Waals surface area contributed by atoms with E-state index >= 15 is 0 Å². The van der Waals surface area contributed by atoms with E-state index in [1.165, 1.54) is 32.2 Å².